The van der Waals surface area contributed by atoms with E-state index in [2.05, 4.69) is 15.2 Å². The van der Waals surface area contributed by atoms with Crippen molar-refractivity contribution in [2.24, 2.45) is 16.0 Å². The zero-order chi connectivity index (χ0) is 14.4. The van der Waals surface area contributed by atoms with Gasteiger partial charge < -0.3 is 5.73 Å². The third-order valence-corrected chi connectivity index (χ3v) is 4.71. The second kappa shape index (κ2) is 4.83. The molecule has 1 amide bonds. The van der Waals surface area contributed by atoms with Crippen molar-refractivity contribution >= 4 is 32.6 Å². The first-order chi connectivity index (χ1) is 10.2. The number of benzene rings is 1. The van der Waals surface area contributed by atoms with E-state index in [-0.39, 0.29) is 5.91 Å². The Morgan fingerprint density at radius 2 is 2.19 bits per heavy atom. The molecule has 1 aromatic heterocycles. The predicted molar refractivity (Wildman–Crippen MR) is 78.9 cm³/mol. The van der Waals surface area contributed by atoms with Crippen LogP contribution in [0.3, 0.4) is 0 Å². The second-order valence-electron chi connectivity index (χ2n) is 5.09. The van der Waals surface area contributed by atoms with Crippen LogP contribution in [0.25, 0.3) is 10.2 Å². The predicted octanol–water partition coefficient (Wildman–Crippen LogP) is 1.50. The lowest BCUT2D eigenvalue weighted by Crippen LogP contribution is -2.43. The second-order valence-corrected chi connectivity index (χ2v) is 6.10. The van der Waals surface area contributed by atoms with Crippen molar-refractivity contribution in [3.05, 3.63) is 24.3 Å². The Morgan fingerprint density at radius 1 is 1.33 bits per heavy atom. The van der Waals surface area contributed by atoms with Crippen molar-refractivity contribution in [2.75, 3.05) is 13.1 Å². The SMILES string of the molecule is NC1C(N=Nc2nc3ccccc3s2)C(=O)N2CCCN12. The first-order valence-corrected chi connectivity index (χ1v) is 7.65. The molecule has 1 aromatic carbocycles. The first-order valence-electron chi connectivity index (χ1n) is 6.84. The molecule has 2 aliphatic heterocycles. The fourth-order valence-electron chi connectivity index (χ4n) is 2.77. The maximum atomic E-state index is 12.2. The van der Waals surface area contributed by atoms with Crippen LogP contribution in [-0.2, 0) is 4.79 Å². The van der Waals surface area contributed by atoms with Gasteiger partial charge in [-0.1, -0.05) is 23.5 Å². The van der Waals surface area contributed by atoms with E-state index in [4.69, 9.17) is 5.73 Å². The van der Waals surface area contributed by atoms with Crippen molar-refractivity contribution in [3.63, 3.8) is 0 Å². The van der Waals surface area contributed by atoms with E-state index in [9.17, 15) is 4.79 Å². The van der Waals surface area contributed by atoms with Crippen molar-refractivity contribution in [1.82, 2.24) is 15.0 Å². The Morgan fingerprint density at radius 3 is 3.00 bits per heavy atom. The van der Waals surface area contributed by atoms with Crippen molar-refractivity contribution in [3.8, 4) is 0 Å². The highest BCUT2D eigenvalue weighted by atomic mass is 32.1. The topological polar surface area (TPSA) is 87.2 Å². The standard InChI is InChI=1S/C13H14N6OS/c14-11-10(12(20)19-7-3-6-18(11)19)16-17-13-15-8-4-1-2-5-9(8)21-13/h1-2,4-5,10-11H,3,6-7,14H2. The Bertz CT molecular complexity index is 695. The molecule has 3 heterocycles. The van der Waals surface area contributed by atoms with Gasteiger partial charge in [-0.25, -0.2) is 4.98 Å². The molecule has 108 valence electrons. The summed E-state index contributed by atoms with van der Waals surface area (Å²) in [5.74, 6) is -0.0649. The smallest absolute Gasteiger partial charge is 0.266 e. The summed E-state index contributed by atoms with van der Waals surface area (Å²) in [5.41, 5.74) is 6.98. The van der Waals surface area contributed by atoms with Crippen LogP contribution >= 0.6 is 11.3 Å². The summed E-state index contributed by atoms with van der Waals surface area (Å²) in [4.78, 5) is 16.6. The molecule has 0 spiro atoms. The number of nitrogens with two attached hydrogens (primary N) is 1. The number of fused-ring (bicyclic) bond motifs is 2. The molecule has 8 heteroatoms. The van der Waals surface area contributed by atoms with Crippen LogP contribution in [0.5, 0.6) is 0 Å². The van der Waals surface area contributed by atoms with E-state index in [0.29, 0.717) is 5.13 Å². The Kier molecular flexibility index (Phi) is 2.95. The summed E-state index contributed by atoms with van der Waals surface area (Å²) in [6.07, 6.45) is 0.541. The van der Waals surface area contributed by atoms with Crippen LogP contribution in [0.4, 0.5) is 5.13 Å². The molecule has 2 aromatic rings. The van der Waals surface area contributed by atoms with E-state index in [1.165, 1.54) is 11.3 Å². The summed E-state index contributed by atoms with van der Waals surface area (Å²) < 4.78 is 1.05. The number of hydrogen-bond donors (Lipinski definition) is 1. The molecule has 2 aliphatic rings. The van der Waals surface area contributed by atoms with Crippen LogP contribution in [-0.4, -0.2) is 46.2 Å². The fraction of sp³-hybridized carbons (Fsp3) is 0.385. The summed E-state index contributed by atoms with van der Waals surface area (Å²) >= 11 is 1.45. The Labute approximate surface area is 125 Å². The van der Waals surface area contributed by atoms with Crippen molar-refractivity contribution in [1.29, 1.82) is 0 Å². The average molecular weight is 302 g/mol. The minimum absolute atomic E-state index is 0.0649. The van der Waals surface area contributed by atoms with Gasteiger partial charge in [-0.3, -0.25) is 9.80 Å². The molecule has 21 heavy (non-hydrogen) atoms. The largest absolute Gasteiger partial charge is 0.312 e. The maximum absolute atomic E-state index is 12.2. The first kappa shape index (κ1) is 12.8. The van der Waals surface area contributed by atoms with Crippen LogP contribution in [0.1, 0.15) is 6.42 Å². The van der Waals surface area contributed by atoms with Crippen LogP contribution in [0.2, 0.25) is 0 Å². The van der Waals surface area contributed by atoms with E-state index >= 15 is 0 Å². The number of carbonyl (C=O) groups is 1. The summed E-state index contributed by atoms with van der Waals surface area (Å²) in [5, 5.41) is 12.4. The molecule has 2 fully saturated rings. The lowest BCUT2D eigenvalue weighted by atomic mass is 10.2. The minimum atomic E-state index is -0.627. The van der Waals surface area contributed by atoms with Gasteiger partial charge in [0.2, 0.25) is 5.13 Å². The fourth-order valence-corrected chi connectivity index (χ4v) is 3.57. The van der Waals surface area contributed by atoms with Crippen LogP contribution < -0.4 is 5.73 Å². The number of azo groups is 1. The van der Waals surface area contributed by atoms with E-state index in [1.807, 2.05) is 29.3 Å². The third-order valence-electron chi connectivity index (χ3n) is 3.79. The number of rotatable bonds is 2. The van der Waals surface area contributed by atoms with E-state index in [1.54, 1.807) is 5.01 Å². The summed E-state index contributed by atoms with van der Waals surface area (Å²) in [6, 6.07) is 7.18. The number of aromatic nitrogens is 1. The highest BCUT2D eigenvalue weighted by Gasteiger charge is 2.47. The van der Waals surface area contributed by atoms with Gasteiger partial charge in [-0.15, -0.1) is 5.11 Å². The Hall–Kier alpha value is -1.90. The molecular formula is C13H14N6OS. The number of nitrogens with zero attached hydrogens (tertiary/aromatic N) is 5. The number of hydrogen-bond acceptors (Lipinski definition) is 7. The zero-order valence-corrected chi connectivity index (χ0v) is 12.0. The molecule has 2 unspecified atom stereocenters. The summed E-state index contributed by atoms with van der Waals surface area (Å²) in [7, 11) is 0. The van der Waals surface area contributed by atoms with Gasteiger partial charge in [0.25, 0.3) is 5.91 Å². The average Bonchev–Trinajstić information content (AvgIpc) is 3.16. The molecule has 4 rings (SSSR count). The number of hydrazine groups is 1. The number of carbonyl (C=O) groups excluding carboxylic acids is 1. The van der Waals surface area contributed by atoms with Gasteiger partial charge in [0, 0.05) is 13.1 Å². The minimum Gasteiger partial charge on any atom is -0.312 e. The highest BCUT2D eigenvalue weighted by molar-refractivity contribution is 7.21. The quantitative estimate of drug-likeness (QED) is 0.852. The molecule has 2 N–H and O–H groups in total. The van der Waals surface area contributed by atoms with Crippen molar-refractivity contribution < 1.29 is 4.79 Å². The number of para-hydroxylation sites is 1. The maximum Gasteiger partial charge on any atom is 0.266 e. The van der Waals surface area contributed by atoms with Gasteiger partial charge in [0.1, 0.15) is 6.17 Å². The van der Waals surface area contributed by atoms with Gasteiger partial charge in [-0.05, 0) is 18.6 Å². The number of thiazole rings is 1. The van der Waals surface area contributed by atoms with Gasteiger partial charge in [0.15, 0.2) is 6.04 Å². The molecule has 0 radical (unpaired) electrons. The monoisotopic (exact) mass is 302 g/mol. The third kappa shape index (κ3) is 2.03. The van der Waals surface area contributed by atoms with Gasteiger partial charge in [0.05, 0.1) is 10.2 Å². The molecule has 0 saturated carbocycles. The molecule has 2 atom stereocenters. The number of amides is 1. The highest BCUT2D eigenvalue weighted by Crippen LogP contribution is 2.30. The lowest BCUT2D eigenvalue weighted by Gasteiger charge is -2.20. The molecule has 7 nitrogen and oxygen atoms in total. The van der Waals surface area contributed by atoms with Crippen LogP contribution in [0, 0.1) is 0 Å². The molecule has 0 aliphatic carbocycles. The zero-order valence-electron chi connectivity index (χ0n) is 11.2. The van der Waals surface area contributed by atoms with Gasteiger partial charge >= 0.3 is 0 Å². The van der Waals surface area contributed by atoms with Crippen molar-refractivity contribution in [2.45, 2.75) is 18.6 Å². The summed E-state index contributed by atoms with van der Waals surface area (Å²) in [6.45, 7) is 1.53. The van der Waals surface area contributed by atoms with Gasteiger partial charge in [-0.2, -0.15) is 10.1 Å². The molecule has 0 bridgehead atoms. The lowest BCUT2D eigenvalue weighted by molar-refractivity contribution is -0.135. The van der Waals surface area contributed by atoms with E-state index in [0.717, 1.165) is 29.7 Å². The van der Waals surface area contributed by atoms with E-state index < -0.39 is 12.2 Å². The molecule has 2 saturated heterocycles. The normalized spacial score (nSPS) is 26.3. The Balaban J connectivity index is 1.59. The van der Waals surface area contributed by atoms with Crippen LogP contribution in [0.15, 0.2) is 34.5 Å². The molecular weight excluding hydrogens is 288 g/mol.